The fraction of sp³-hybridized carbons (Fsp3) is 0.550. The summed E-state index contributed by atoms with van der Waals surface area (Å²) in [5.41, 5.74) is 3.95. The van der Waals surface area contributed by atoms with Crippen molar-refractivity contribution in [3.8, 4) is 17.0 Å². The molecule has 0 unspecified atom stereocenters. The van der Waals surface area contributed by atoms with Gasteiger partial charge in [0, 0.05) is 23.1 Å². The molecule has 6 nitrogen and oxygen atoms in total. The molecule has 5 rings (SSSR count). The molecule has 1 N–H and O–H groups in total. The summed E-state index contributed by atoms with van der Waals surface area (Å²) in [4.78, 5) is 14.9. The summed E-state index contributed by atoms with van der Waals surface area (Å²) < 4.78 is 6.42. The molecule has 1 aromatic carbocycles. The Kier molecular flexibility index (Phi) is 3.72. The van der Waals surface area contributed by atoms with Gasteiger partial charge in [0.25, 0.3) is 0 Å². The minimum atomic E-state index is 0.217. The van der Waals surface area contributed by atoms with E-state index in [1.165, 1.54) is 6.42 Å². The third-order valence-electron chi connectivity index (χ3n) is 5.94. The Bertz CT molecular complexity index is 825. The van der Waals surface area contributed by atoms with Crippen LogP contribution in [0.4, 0.5) is 5.69 Å². The lowest BCUT2D eigenvalue weighted by atomic mass is 9.91. The van der Waals surface area contributed by atoms with Gasteiger partial charge in [-0.05, 0) is 64.0 Å². The standard InChI is InChI=1S/C20H24N4O2/c1-12-5-8-16-18(24(12)20(25)13-6-7-13)10-9-15(17-11-21-23-22-17)19(16)26-14-3-2-4-14/h9-14H,2-8H2,1H3,(H,21,22,23)/t12-/m0/s1. The number of aromatic amines is 1. The maximum atomic E-state index is 12.9. The van der Waals surface area contributed by atoms with Gasteiger partial charge < -0.3 is 9.64 Å². The molecule has 0 radical (unpaired) electrons. The lowest BCUT2D eigenvalue weighted by molar-refractivity contribution is -0.120. The van der Waals surface area contributed by atoms with Gasteiger partial charge in [-0.25, -0.2) is 0 Å². The maximum absolute atomic E-state index is 12.9. The predicted octanol–water partition coefficient (Wildman–Crippen LogP) is 3.48. The smallest absolute Gasteiger partial charge is 0.230 e. The number of hydrogen-bond acceptors (Lipinski definition) is 4. The summed E-state index contributed by atoms with van der Waals surface area (Å²) in [6, 6.07) is 4.35. The molecule has 26 heavy (non-hydrogen) atoms. The van der Waals surface area contributed by atoms with Crippen LogP contribution in [0.5, 0.6) is 5.75 Å². The van der Waals surface area contributed by atoms with Crippen molar-refractivity contribution in [3.05, 3.63) is 23.9 Å². The number of H-pyrrole nitrogens is 1. The molecule has 2 heterocycles. The van der Waals surface area contributed by atoms with E-state index < -0.39 is 0 Å². The molecule has 1 atom stereocenters. The Hall–Kier alpha value is -2.37. The minimum Gasteiger partial charge on any atom is -0.489 e. The van der Waals surface area contributed by atoms with Crippen LogP contribution in [0.2, 0.25) is 0 Å². The largest absolute Gasteiger partial charge is 0.489 e. The highest BCUT2D eigenvalue weighted by molar-refractivity contribution is 5.99. The van der Waals surface area contributed by atoms with Gasteiger partial charge in [-0.15, -0.1) is 0 Å². The summed E-state index contributed by atoms with van der Waals surface area (Å²) in [6.45, 7) is 2.15. The van der Waals surface area contributed by atoms with Crippen LogP contribution in [-0.2, 0) is 11.2 Å². The number of hydrogen-bond donors (Lipinski definition) is 1. The highest BCUT2D eigenvalue weighted by atomic mass is 16.5. The Morgan fingerprint density at radius 3 is 2.73 bits per heavy atom. The van der Waals surface area contributed by atoms with E-state index >= 15 is 0 Å². The molecule has 2 aromatic rings. The van der Waals surface area contributed by atoms with Gasteiger partial charge in [0.05, 0.1) is 18.0 Å². The van der Waals surface area contributed by atoms with Gasteiger partial charge in [-0.1, -0.05) is 0 Å². The number of rotatable bonds is 4. The van der Waals surface area contributed by atoms with Crippen LogP contribution in [-0.4, -0.2) is 33.5 Å². The molecule has 0 spiro atoms. The van der Waals surface area contributed by atoms with Crippen LogP contribution in [0, 0.1) is 5.92 Å². The van der Waals surface area contributed by atoms with E-state index in [-0.39, 0.29) is 24.0 Å². The first-order chi connectivity index (χ1) is 12.7. The van der Waals surface area contributed by atoms with Gasteiger partial charge in [-0.2, -0.15) is 15.4 Å². The van der Waals surface area contributed by atoms with Crippen molar-refractivity contribution in [2.24, 2.45) is 5.92 Å². The maximum Gasteiger partial charge on any atom is 0.230 e. The fourth-order valence-electron chi connectivity index (χ4n) is 3.99. The number of nitrogens with zero attached hydrogens (tertiary/aromatic N) is 3. The van der Waals surface area contributed by atoms with E-state index in [9.17, 15) is 4.79 Å². The van der Waals surface area contributed by atoms with Crippen molar-refractivity contribution in [3.63, 3.8) is 0 Å². The monoisotopic (exact) mass is 352 g/mol. The number of nitrogens with one attached hydrogen (secondary N) is 1. The molecule has 3 aliphatic rings. The van der Waals surface area contributed by atoms with Crippen molar-refractivity contribution in [2.75, 3.05) is 4.90 Å². The number of benzene rings is 1. The first-order valence-electron chi connectivity index (χ1n) is 9.74. The Labute approximate surface area is 152 Å². The number of ether oxygens (including phenoxy) is 1. The minimum absolute atomic E-state index is 0.217. The number of fused-ring (bicyclic) bond motifs is 1. The van der Waals surface area contributed by atoms with Gasteiger partial charge in [-0.3, -0.25) is 4.79 Å². The Morgan fingerprint density at radius 2 is 2.08 bits per heavy atom. The summed E-state index contributed by atoms with van der Waals surface area (Å²) >= 11 is 0. The van der Waals surface area contributed by atoms with E-state index in [1.54, 1.807) is 6.20 Å². The van der Waals surface area contributed by atoms with Crippen LogP contribution in [0.1, 0.15) is 51.0 Å². The van der Waals surface area contributed by atoms with E-state index in [2.05, 4.69) is 28.4 Å². The topological polar surface area (TPSA) is 71.1 Å². The van der Waals surface area contributed by atoms with Crippen LogP contribution in [0.3, 0.4) is 0 Å². The van der Waals surface area contributed by atoms with Crippen molar-refractivity contribution >= 4 is 11.6 Å². The second-order valence-electron chi connectivity index (χ2n) is 7.84. The molecular formula is C20H24N4O2. The third-order valence-corrected chi connectivity index (χ3v) is 5.94. The molecule has 1 aliphatic heterocycles. The number of anilines is 1. The van der Waals surface area contributed by atoms with Crippen molar-refractivity contribution in [1.82, 2.24) is 15.4 Å². The average molecular weight is 352 g/mol. The van der Waals surface area contributed by atoms with Gasteiger partial charge >= 0.3 is 0 Å². The zero-order valence-electron chi connectivity index (χ0n) is 15.1. The van der Waals surface area contributed by atoms with E-state index in [0.717, 1.165) is 66.8 Å². The van der Waals surface area contributed by atoms with Crippen molar-refractivity contribution in [1.29, 1.82) is 0 Å². The zero-order valence-corrected chi connectivity index (χ0v) is 15.1. The van der Waals surface area contributed by atoms with Gasteiger partial charge in [0.15, 0.2) is 0 Å². The van der Waals surface area contributed by atoms with Crippen LogP contribution in [0.25, 0.3) is 11.3 Å². The lowest BCUT2D eigenvalue weighted by Crippen LogP contribution is -2.43. The zero-order chi connectivity index (χ0) is 17.7. The SMILES string of the molecule is C[C@H]1CCc2c(ccc(-c3cn[nH]n3)c2OC2CCC2)N1C(=O)C1CC1. The van der Waals surface area contributed by atoms with Gasteiger partial charge in [0.2, 0.25) is 5.91 Å². The molecular weight excluding hydrogens is 328 g/mol. The first kappa shape index (κ1) is 15.9. The highest BCUT2D eigenvalue weighted by Gasteiger charge is 2.39. The van der Waals surface area contributed by atoms with Crippen molar-refractivity contribution < 1.29 is 9.53 Å². The Balaban J connectivity index is 1.61. The molecule has 1 aromatic heterocycles. The van der Waals surface area contributed by atoms with Crippen LogP contribution in [0.15, 0.2) is 18.3 Å². The third kappa shape index (κ3) is 2.59. The first-order valence-corrected chi connectivity index (χ1v) is 9.74. The lowest BCUT2D eigenvalue weighted by Gasteiger charge is -2.38. The fourth-order valence-corrected chi connectivity index (χ4v) is 3.99. The number of aromatic nitrogens is 3. The normalized spacial score (nSPS) is 22.7. The predicted molar refractivity (Wildman–Crippen MR) is 98.1 cm³/mol. The van der Waals surface area contributed by atoms with E-state index in [1.807, 2.05) is 11.0 Å². The molecule has 0 saturated heterocycles. The van der Waals surface area contributed by atoms with Crippen molar-refractivity contribution in [2.45, 2.75) is 64.0 Å². The molecule has 2 fully saturated rings. The summed E-state index contributed by atoms with van der Waals surface area (Å²) in [7, 11) is 0. The van der Waals surface area contributed by atoms with Crippen LogP contribution >= 0.6 is 0 Å². The molecule has 0 bridgehead atoms. The number of amides is 1. The summed E-state index contributed by atoms with van der Waals surface area (Å²) in [5, 5.41) is 10.9. The second kappa shape index (κ2) is 6.11. The molecule has 6 heteroatoms. The average Bonchev–Trinajstić information content (AvgIpc) is 3.32. The molecule has 2 saturated carbocycles. The molecule has 136 valence electrons. The second-order valence-corrected chi connectivity index (χ2v) is 7.84. The summed E-state index contributed by atoms with van der Waals surface area (Å²) in [5.74, 6) is 1.40. The number of carbonyl (C=O) groups is 1. The Morgan fingerprint density at radius 1 is 1.23 bits per heavy atom. The quantitative estimate of drug-likeness (QED) is 0.914. The van der Waals surface area contributed by atoms with E-state index in [4.69, 9.17) is 4.74 Å². The van der Waals surface area contributed by atoms with E-state index in [0.29, 0.717) is 0 Å². The molecule has 1 amide bonds. The van der Waals surface area contributed by atoms with Crippen LogP contribution < -0.4 is 9.64 Å². The highest BCUT2D eigenvalue weighted by Crippen LogP contribution is 2.45. The number of carbonyl (C=O) groups excluding carboxylic acids is 1. The van der Waals surface area contributed by atoms with Gasteiger partial charge in [0.1, 0.15) is 11.4 Å². The summed E-state index contributed by atoms with van der Waals surface area (Å²) in [6.07, 6.45) is 9.38. The molecule has 2 aliphatic carbocycles.